The predicted octanol–water partition coefficient (Wildman–Crippen LogP) is 0.416. The van der Waals surface area contributed by atoms with Crippen LogP contribution in [0.25, 0.3) is 0 Å². The number of hydrogen-bond donors (Lipinski definition) is 1. The monoisotopic (exact) mass is 298 g/mol. The lowest BCUT2D eigenvalue weighted by atomic mass is 10.3. The van der Waals surface area contributed by atoms with E-state index >= 15 is 0 Å². The molecule has 1 amide bonds. The molecule has 0 spiro atoms. The van der Waals surface area contributed by atoms with Gasteiger partial charge in [0.25, 0.3) is 0 Å². The van der Waals surface area contributed by atoms with Crippen LogP contribution in [0.4, 0.5) is 5.13 Å². The lowest BCUT2D eigenvalue weighted by Gasteiger charge is -2.34. The first-order valence-electron chi connectivity index (χ1n) is 6.84. The number of hydrogen-bond acceptors (Lipinski definition) is 6. The molecule has 0 aromatic carbocycles. The molecule has 6 nitrogen and oxygen atoms in total. The molecule has 1 aliphatic rings. The van der Waals surface area contributed by atoms with Gasteiger partial charge in [0.1, 0.15) is 0 Å². The van der Waals surface area contributed by atoms with Crippen LogP contribution in [-0.2, 0) is 9.53 Å². The summed E-state index contributed by atoms with van der Waals surface area (Å²) in [4.78, 5) is 20.6. The van der Waals surface area contributed by atoms with Crippen molar-refractivity contribution in [1.82, 2.24) is 15.2 Å². The number of ether oxygens (including phenoxy) is 1. The summed E-state index contributed by atoms with van der Waals surface area (Å²) in [5.74, 6) is 0.0669. The average molecular weight is 298 g/mol. The molecular formula is C13H22N4O2S. The summed E-state index contributed by atoms with van der Waals surface area (Å²) < 4.78 is 5.01. The van der Waals surface area contributed by atoms with Crippen molar-refractivity contribution in [1.29, 1.82) is 0 Å². The van der Waals surface area contributed by atoms with Crippen LogP contribution >= 0.6 is 11.3 Å². The first-order valence-corrected chi connectivity index (χ1v) is 7.72. The van der Waals surface area contributed by atoms with Crippen molar-refractivity contribution in [2.45, 2.75) is 13.0 Å². The quantitative estimate of drug-likeness (QED) is 0.825. The number of carbonyl (C=O) groups excluding carboxylic acids is 1. The van der Waals surface area contributed by atoms with Crippen molar-refractivity contribution in [3.8, 4) is 0 Å². The summed E-state index contributed by atoms with van der Waals surface area (Å²) in [6.45, 7) is 6.59. The Morgan fingerprint density at radius 1 is 1.50 bits per heavy atom. The summed E-state index contributed by atoms with van der Waals surface area (Å²) in [5, 5.41) is 6.00. The highest BCUT2D eigenvalue weighted by atomic mass is 32.1. The molecule has 1 aliphatic heterocycles. The molecule has 0 bridgehead atoms. The van der Waals surface area contributed by atoms with E-state index in [1.807, 2.05) is 18.5 Å². The molecule has 0 aliphatic carbocycles. The van der Waals surface area contributed by atoms with Crippen LogP contribution in [-0.4, -0.2) is 68.3 Å². The Balaban J connectivity index is 1.70. The summed E-state index contributed by atoms with van der Waals surface area (Å²) in [7, 11) is 1.64. The highest BCUT2D eigenvalue weighted by Gasteiger charge is 2.20. The van der Waals surface area contributed by atoms with E-state index in [1.165, 1.54) is 0 Å². The van der Waals surface area contributed by atoms with Gasteiger partial charge in [-0.1, -0.05) is 0 Å². The molecule has 1 aromatic rings. The van der Waals surface area contributed by atoms with Crippen LogP contribution in [0.5, 0.6) is 0 Å². The topological polar surface area (TPSA) is 57.7 Å². The fourth-order valence-electron chi connectivity index (χ4n) is 2.28. The number of anilines is 1. The van der Waals surface area contributed by atoms with Crippen LogP contribution in [0.15, 0.2) is 11.6 Å². The van der Waals surface area contributed by atoms with Gasteiger partial charge in [0, 0.05) is 50.9 Å². The average Bonchev–Trinajstić information content (AvgIpc) is 2.93. The van der Waals surface area contributed by atoms with E-state index in [4.69, 9.17) is 4.74 Å². The number of aromatic nitrogens is 1. The molecule has 1 unspecified atom stereocenters. The Bertz CT molecular complexity index is 405. The molecule has 0 radical (unpaired) electrons. The molecule has 1 N–H and O–H groups in total. The van der Waals surface area contributed by atoms with Gasteiger partial charge in [-0.3, -0.25) is 9.69 Å². The lowest BCUT2D eigenvalue weighted by Crippen LogP contribution is -2.50. The SMILES string of the molecule is COCC(C)NC(=O)CN1CCN(c2nccs2)CC1. The van der Waals surface area contributed by atoms with Gasteiger partial charge in [-0.25, -0.2) is 4.98 Å². The Hall–Kier alpha value is -1.18. The number of piperazine rings is 1. The molecule has 20 heavy (non-hydrogen) atoms. The van der Waals surface area contributed by atoms with Gasteiger partial charge in [-0.05, 0) is 6.92 Å². The Morgan fingerprint density at radius 2 is 2.25 bits per heavy atom. The van der Waals surface area contributed by atoms with E-state index < -0.39 is 0 Å². The standard InChI is InChI=1S/C13H22N4O2S/c1-11(10-19-2)15-12(18)9-16-4-6-17(7-5-16)13-14-3-8-20-13/h3,8,11H,4-7,9-10H2,1-2H3,(H,15,18). The van der Waals surface area contributed by atoms with E-state index in [-0.39, 0.29) is 11.9 Å². The van der Waals surface area contributed by atoms with Crippen LogP contribution in [0.1, 0.15) is 6.92 Å². The molecule has 112 valence electrons. The van der Waals surface area contributed by atoms with E-state index in [1.54, 1.807) is 18.4 Å². The molecule has 1 fully saturated rings. The van der Waals surface area contributed by atoms with E-state index in [2.05, 4.69) is 20.1 Å². The minimum atomic E-state index is 0.0594. The first kappa shape index (κ1) is 15.2. The maximum atomic E-state index is 11.9. The number of carbonyl (C=O) groups is 1. The molecule has 2 rings (SSSR count). The second-order valence-electron chi connectivity index (χ2n) is 5.00. The maximum Gasteiger partial charge on any atom is 0.234 e. The van der Waals surface area contributed by atoms with Gasteiger partial charge < -0.3 is 15.0 Å². The number of nitrogens with zero attached hydrogens (tertiary/aromatic N) is 3. The molecule has 7 heteroatoms. The fraction of sp³-hybridized carbons (Fsp3) is 0.692. The Kier molecular flexibility index (Phi) is 5.75. The largest absolute Gasteiger partial charge is 0.383 e. The molecular weight excluding hydrogens is 276 g/mol. The van der Waals surface area contributed by atoms with Crippen LogP contribution in [0.3, 0.4) is 0 Å². The number of rotatable bonds is 6. The molecule has 2 heterocycles. The smallest absolute Gasteiger partial charge is 0.234 e. The number of nitrogens with one attached hydrogen (secondary N) is 1. The van der Waals surface area contributed by atoms with Crippen LogP contribution in [0.2, 0.25) is 0 Å². The molecule has 1 atom stereocenters. The van der Waals surface area contributed by atoms with Crippen LogP contribution < -0.4 is 10.2 Å². The third kappa shape index (κ3) is 4.43. The second kappa shape index (κ2) is 7.56. The van der Waals surface area contributed by atoms with Gasteiger partial charge in [0.15, 0.2) is 5.13 Å². The summed E-state index contributed by atoms with van der Waals surface area (Å²) in [6, 6.07) is 0.0594. The van der Waals surface area contributed by atoms with Crippen molar-refractivity contribution >= 4 is 22.4 Å². The van der Waals surface area contributed by atoms with Gasteiger partial charge in [-0.2, -0.15) is 0 Å². The number of thiazole rings is 1. The summed E-state index contributed by atoms with van der Waals surface area (Å²) in [6.07, 6.45) is 1.83. The first-order chi connectivity index (χ1) is 9.69. The normalized spacial score (nSPS) is 18.0. The van der Waals surface area contributed by atoms with Gasteiger partial charge in [0.05, 0.1) is 13.2 Å². The van der Waals surface area contributed by atoms with E-state index in [0.717, 1.165) is 31.3 Å². The van der Waals surface area contributed by atoms with Crippen molar-refractivity contribution in [2.75, 3.05) is 51.3 Å². The minimum absolute atomic E-state index is 0.0594. The lowest BCUT2D eigenvalue weighted by molar-refractivity contribution is -0.123. The van der Waals surface area contributed by atoms with Crippen molar-refractivity contribution < 1.29 is 9.53 Å². The minimum Gasteiger partial charge on any atom is -0.383 e. The number of methoxy groups -OCH3 is 1. The van der Waals surface area contributed by atoms with Crippen LogP contribution in [0, 0.1) is 0 Å². The van der Waals surface area contributed by atoms with Gasteiger partial charge in [-0.15, -0.1) is 11.3 Å². The fourth-order valence-corrected chi connectivity index (χ4v) is 2.98. The zero-order valence-electron chi connectivity index (χ0n) is 12.0. The zero-order valence-corrected chi connectivity index (χ0v) is 12.9. The highest BCUT2D eigenvalue weighted by molar-refractivity contribution is 7.13. The number of amides is 1. The zero-order chi connectivity index (χ0) is 14.4. The molecule has 1 aromatic heterocycles. The summed E-state index contributed by atoms with van der Waals surface area (Å²) in [5.41, 5.74) is 0. The Labute approximate surface area is 123 Å². The third-order valence-electron chi connectivity index (χ3n) is 3.25. The van der Waals surface area contributed by atoms with E-state index in [0.29, 0.717) is 13.2 Å². The van der Waals surface area contributed by atoms with Gasteiger partial charge >= 0.3 is 0 Å². The third-order valence-corrected chi connectivity index (χ3v) is 4.09. The molecule has 0 saturated carbocycles. The highest BCUT2D eigenvalue weighted by Crippen LogP contribution is 2.18. The Morgan fingerprint density at radius 3 is 2.85 bits per heavy atom. The van der Waals surface area contributed by atoms with Crippen molar-refractivity contribution in [3.05, 3.63) is 11.6 Å². The second-order valence-corrected chi connectivity index (χ2v) is 5.87. The van der Waals surface area contributed by atoms with Crippen molar-refractivity contribution in [3.63, 3.8) is 0 Å². The summed E-state index contributed by atoms with van der Waals surface area (Å²) >= 11 is 1.66. The predicted molar refractivity (Wildman–Crippen MR) is 80.2 cm³/mol. The van der Waals surface area contributed by atoms with E-state index in [9.17, 15) is 4.79 Å². The molecule has 1 saturated heterocycles. The van der Waals surface area contributed by atoms with Gasteiger partial charge in [0.2, 0.25) is 5.91 Å². The van der Waals surface area contributed by atoms with Crippen molar-refractivity contribution in [2.24, 2.45) is 0 Å². The maximum absolute atomic E-state index is 11.9.